The van der Waals surface area contributed by atoms with Gasteiger partial charge in [0.15, 0.2) is 0 Å². The Morgan fingerprint density at radius 2 is 2.21 bits per heavy atom. The molecular formula is C14H18N4O. The van der Waals surface area contributed by atoms with Crippen molar-refractivity contribution in [2.45, 2.75) is 20.4 Å². The van der Waals surface area contributed by atoms with Crippen molar-refractivity contribution in [1.82, 2.24) is 9.78 Å². The van der Waals surface area contributed by atoms with Crippen LogP contribution in [0.5, 0.6) is 0 Å². The highest BCUT2D eigenvalue weighted by Gasteiger charge is 2.02. The topological polar surface area (TPSA) is 59.0 Å². The summed E-state index contributed by atoms with van der Waals surface area (Å²) in [5.74, 6) is -0.0563. The average Bonchev–Trinajstić information content (AvgIpc) is 2.75. The van der Waals surface area contributed by atoms with Crippen molar-refractivity contribution in [2.24, 2.45) is 7.05 Å². The molecule has 0 aliphatic carbocycles. The van der Waals surface area contributed by atoms with E-state index < -0.39 is 0 Å². The molecule has 1 amide bonds. The van der Waals surface area contributed by atoms with Crippen LogP contribution >= 0.6 is 0 Å². The molecule has 0 atom stereocenters. The molecule has 0 fully saturated rings. The van der Waals surface area contributed by atoms with Crippen molar-refractivity contribution >= 4 is 17.3 Å². The number of carbonyl (C=O) groups is 1. The highest BCUT2D eigenvalue weighted by Crippen LogP contribution is 2.20. The Bertz CT molecular complexity index is 589. The molecule has 2 N–H and O–H groups in total. The summed E-state index contributed by atoms with van der Waals surface area (Å²) in [4.78, 5) is 11.0. The van der Waals surface area contributed by atoms with Crippen LogP contribution in [-0.2, 0) is 18.4 Å². The third-order valence-corrected chi connectivity index (χ3v) is 2.79. The molecule has 1 aromatic carbocycles. The largest absolute Gasteiger partial charge is 0.381 e. The molecule has 0 saturated carbocycles. The van der Waals surface area contributed by atoms with Crippen LogP contribution in [0.15, 0.2) is 30.6 Å². The number of benzene rings is 1. The van der Waals surface area contributed by atoms with Crippen LogP contribution in [-0.4, -0.2) is 15.7 Å². The quantitative estimate of drug-likeness (QED) is 0.884. The first-order chi connectivity index (χ1) is 9.04. The fourth-order valence-corrected chi connectivity index (χ4v) is 1.87. The van der Waals surface area contributed by atoms with E-state index in [2.05, 4.69) is 15.7 Å². The average molecular weight is 258 g/mol. The minimum atomic E-state index is -0.0563. The summed E-state index contributed by atoms with van der Waals surface area (Å²) in [6.07, 6.45) is 3.82. The van der Waals surface area contributed by atoms with Crippen molar-refractivity contribution < 1.29 is 4.79 Å². The SMILES string of the molecule is CC(=O)Nc1ccc(NCc2cnn(C)c2)cc1C. The molecule has 0 radical (unpaired) electrons. The molecular weight excluding hydrogens is 240 g/mol. The Kier molecular flexibility index (Phi) is 3.85. The Hall–Kier alpha value is -2.30. The number of rotatable bonds is 4. The number of hydrogen-bond acceptors (Lipinski definition) is 3. The second-order valence-electron chi connectivity index (χ2n) is 4.59. The molecule has 0 aliphatic heterocycles. The van der Waals surface area contributed by atoms with E-state index in [1.54, 1.807) is 4.68 Å². The minimum absolute atomic E-state index is 0.0563. The predicted molar refractivity (Wildman–Crippen MR) is 76.0 cm³/mol. The van der Waals surface area contributed by atoms with Crippen LogP contribution < -0.4 is 10.6 Å². The van der Waals surface area contributed by atoms with Gasteiger partial charge in [-0.15, -0.1) is 0 Å². The van der Waals surface area contributed by atoms with Crippen molar-refractivity contribution in [3.63, 3.8) is 0 Å². The fraction of sp³-hybridized carbons (Fsp3) is 0.286. The molecule has 19 heavy (non-hydrogen) atoms. The highest BCUT2D eigenvalue weighted by molar-refractivity contribution is 5.89. The van der Waals surface area contributed by atoms with Crippen LogP contribution in [0.3, 0.4) is 0 Å². The van der Waals surface area contributed by atoms with Crippen molar-refractivity contribution in [3.05, 3.63) is 41.7 Å². The van der Waals surface area contributed by atoms with Crippen LogP contribution in [0.2, 0.25) is 0 Å². The molecule has 0 spiro atoms. The van der Waals surface area contributed by atoms with Gasteiger partial charge in [0, 0.05) is 43.7 Å². The van der Waals surface area contributed by atoms with Gasteiger partial charge >= 0.3 is 0 Å². The lowest BCUT2D eigenvalue weighted by molar-refractivity contribution is -0.114. The van der Waals surface area contributed by atoms with Gasteiger partial charge in [-0.1, -0.05) is 0 Å². The molecule has 1 heterocycles. The second kappa shape index (κ2) is 5.56. The van der Waals surface area contributed by atoms with Gasteiger partial charge < -0.3 is 10.6 Å². The van der Waals surface area contributed by atoms with Gasteiger partial charge in [-0.3, -0.25) is 9.48 Å². The smallest absolute Gasteiger partial charge is 0.221 e. The summed E-state index contributed by atoms with van der Waals surface area (Å²) in [5.41, 5.74) is 4.03. The Labute approximate surface area is 112 Å². The molecule has 2 rings (SSSR count). The fourth-order valence-electron chi connectivity index (χ4n) is 1.87. The van der Waals surface area contributed by atoms with Crippen LogP contribution in [0.1, 0.15) is 18.1 Å². The Balaban J connectivity index is 2.01. The first kappa shape index (κ1) is 13.1. The zero-order chi connectivity index (χ0) is 13.8. The minimum Gasteiger partial charge on any atom is -0.381 e. The number of nitrogens with one attached hydrogen (secondary N) is 2. The van der Waals surface area contributed by atoms with Gasteiger partial charge in [-0.05, 0) is 30.7 Å². The molecule has 0 bridgehead atoms. The number of nitrogens with zero attached hydrogens (tertiary/aromatic N) is 2. The van der Waals surface area contributed by atoms with E-state index in [0.29, 0.717) is 0 Å². The number of aryl methyl sites for hydroxylation is 2. The summed E-state index contributed by atoms with van der Waals surface area (Å²) in [5, 5.41) is 10.2. The summed E-state index contributed by atoms with van der Waals surface area (Å²) in [7, 11) is 1.90. The molecule has 2 aromatic rings. The highest BCUT2D eigenvalue weighted by atomic mass is 16.1. The molecule has 100 valence electrons. The molecule has 0 unspecified atom stereocenters. The van der Waals surface area contributed by atoms with Crippen LogP contribution in [0.4, 0.5) is 11.4 Å². The standard InChI is InChI=1S/C14H18N4O/c1-10-6-13(4-5-14(10)17-11(2)19)15-7-12-8-16-18(3)9-12/h4-6,8-9,15H,7H2,1-3H3,(H,17,19). The first-order valence-electron chi connectivity index (χ1n) is 6.14. The molecule has 0 saturated heterocycles. The Morgan fingerprint density at radius 3 is 2.79 bits per heavy atom. The molecule has 5 heteroatoms. The monoisotopic (exact) mass is 258 g/mol. The van der Waals surface area contributed by atoms with Gasteiger partial charge in [0.2, 0.25) is 5.91 Å². The van der Waals surface area contributed by atoms with Gasteiger partial charge in [-0.2, -0.15) is 5.10 Å². The van der Waals surface area contributed by atoms with E-state index in [1.165, 1.54) is 6.92 Å². The first-order valence-corrected chi connectivity index (χ1v) is 6.14. The lowest BCUT2D eigenvalue weighted by Crippen LogP contribution is -2.07. The summed E-state index contributed by atoms with van der Waals surface area (Å²) in [6, 6.07) is 5.87. The molecule has 5 nitrogen and oxygen atoms in total. The van der Waals surface area contributed by atoms with Crippen LogP contribution in [0.25, 0.3) is 0 Å². The van der Waals surface area contributed by atoms with Gasteiger partial charge in [0.1, 0.15) is 0 Å². The van der Waals surface area contributed by atoms with E-state index in [4.69, 9.17) is 0 Å². The maximum atomic E-state index is 11.0. The maximum Gasteiger partial charge on any atom is 0.221 e. The van der Waals surface area contributed by atoms with E-state index in [9.17, 15) is 4.79 Å². The van der Waals surface area contributed by atoms with Crippen molar-refractivity contribution in [3.8, 4) is 0 Å². The summed E-state index contributed by atoms with van der Waals surface area (Å²) >= 11 is 0. The van der Waals surface area contributed by atoms with Crippen molar-refractivity contribution in [1.29, 1.82) is 0 Å². The normalized spacial score (nSPS) is 10.3. The number of hydrogen-bond donors (Lipinski definition) is 2. The molecule has 0 aliphatic rings. The van der Waals surface area contributed by atoms with Gasteiger partial charge in [-0.25, -0.2) is 0 Å². The van der Waals surface area contributed by atoms with Crippen molar-refractivity contribution in [2.75, 3.05) is 10.6 Å². The third kappa shape index (κ3) is 3.58. The number of aromatic nitrogens is 2. The third-order valence-electron chi connectivity index (χ3n) is 2.79. The van der Waals surface area contributed by atoms with Gasteiger partial charge in [0.05, 0.1) is 6.20 Å². The zero-order valence-corrected chi connectivity index (χ0v) is 11.4. The lowest BCUT2D eigenvalue weighted by atomic mass is 10.1. The van der Waals surface area contributed by atoms with E-state index >= 15 is 0 Å². The number of amides is 1. The predicted octanol–water partition coefficient (Wildman–Crippen LogP) is 2.30. The lowest BCUT2D eigenvalue weighted by Gasteiger charge is -2.10. The summed E-state index contributed by atoms with van der Waals surface area (Å²) < 4.78 is 1.78. The maximum absolute atomic E-state index is 11.0. The number of anilines is 2. The zero-order valence-electron chi connectivity index (χ0n) is 11.4. The van der Waals surface area contributed by atoms with Gasteiger partial charge in [0.25, 0.3) is 0 Å². The Morgan fingerprint density at radius 1 is 1.42 bits per heavy atom. The summed E-state index contributed by atoms with van der Waals surface area (Å²) in [6.45, 7) is 4.21. The van der Waals surface area contributed by atoms with E-state index in [-0.39, 0.29) is 5.91 Å². The second-order valence-corrected chi connectivity index (χ2v) is 4.59. The van der Waals surface area contributed by atoms with E-state index in [1.807, 2.05) is 44.6 Å². The van der Waals surface area contributed by atoms with E-state index in [0.717, 1.165) is 29.0 Å². The number of carbonyl (C=O) groups excluding carboxylic acids is 1. The van der Waals surface area contributed by atoms with Crippen LogP contribution in [0, 0.1) is 6.92 Å². The molecule has 1 aromatic heterocycles.